The van der Waals surface area contributed by atoms with Crippen LogP contribution in [0.3, 0.4) is 0 Å². The van der Waals surface area contributed by atoms with E-state index in [1.54, 1.807) is 0 Å². The first-order valence-corrected chi connectivity index (χ1v) is 8.39. The molecule has 0 unspecified atom stereocenters. The van der Waals surface area contributed by atoms with Crippen LogP contribution in [0.25, 0.3) is 0 Å². The summed E-state index contributed by atoms with van der Waals surface area (Å²) in [7, 11) is 0. The van der Waals surface area contributed by atoms with Gasteiger partial charge in [0.2, 0.25) is 0 Å². The van der Waals surface area contributed by atoms with Crippen LogP contribution in [0.1, 0.15) is 38.7 Å². The van der Waals surface area contributed by atoms with Gasteiger partial charge in [-0.25, -0.2) is 0 Å². The van der Waals surface area contributed by atoms with Gasteiger partial charge in [-0.1, -0.05) is 32.4 Å². The third-order valence-corrected chi connectivity index (χ3v) is 3.91. The van der Waals surface area contributed by atoms with E-state index in [0.717, 1.165) is 32.0 Å². The minimum Gasteiger partial charge on any atom is -0.492 e. The lowest BCUT2D eigenvalue weighted by molar-refractivity contribution is 0.183. The lowest BCUT2D eigenvalue weighted by atomic mass is 10.1. The Hall–Kier alpha value is -1.06. The summed E-state index contributed by atoms with van der Waals surface area (Å²) in [6.45, 7) is 10.8. The van der Waals surface area contributed by atoms with E-state index in [1.165, 1.54) is 37.9 Å². The third kappa shape index (κ3) is 6.49. The van der Waals surface area contributed by atoms with E-state index >= 15 is 0 Å². The Bertz CT molecular complexity index is 400. The summed E-state index contributed by atoms with van der Waals surface area (Å²) in [4.78, 5) is 2.51. The molecule has 1 N–H and O–H groups in total. The maximum absolute atomic E-state index is 5.91. The summed E-state index contributed by atoms with van der Waals surface area (Å²) in [5.74, 6) is 1.69. The Morgan fingerprint density at radius 2 is 2.00 bits per heavy atom. The first-order chi connectivity index (χ1) is 10.2. The molecule has 0 aliphatic carbocycles. The van der Waals surface area contributed by atoms with Crippen molar-refractivity contribution in [3.8, 4) is 5.75 Å². The van der Waals surface area contributed by atoms with Crippen molar-refractivity contribution < 1.29 is 4.74 Å². The van der Waals surface area contributed by atoms with Gasteiger partial charge in [0.1, 0.15) is 12.4 Å². The van der Waals surface area contributed by atoms with Crippen LogP contribution in [-0.4, -0.2) is 37.7 Å². The second-order valence-electron chi connectivity index (χ2n) is 6.42. The van der Waals surface area contributed by atoms with Gasteiger partial charge in [0, 0.05) is 13.1 Å². The maximum Gasteiger partial charge on any atom is 0.119 e. The molecule has 0 spiro atoms. The number of piperidine rings is 1. The highest BCUT2D eigenvalue weighted by Gasteiger charge is 2.09. The maximum atomic E-state index is 5.91. The van der Waals surface area contributed by atoms with E-state index in [0.29, 0.717) is 5.92 Å². The summed E-state index contributed by atoms with van der Waals surface area (Å²) < 4.78 is 5.91. The first-order valence-electron chi connectivity index (χ1n) is 8.39. The number of hydrogen-bond donors (Lipinski definition) is 1. The second kappa shape index (κ2) is 9.06. The Labute approximate surface area is 129 Å². The fourth-order valence-electron chi connectivity index (χ4n) is 2.73. The minimum atomic E-state index is 0.689. The molecule has 2 rings (SSSR count). The monoisotopic (exact) mass is 290 g/mol. The number of nitrogens with one attached hydrogen (secondary N) is 1. The van der Waals surface area contributed by atoms with Crippen LogP contribution in [0.15, 0.2) is 24.3 Å². The summed E-state index contributed by atoms with van der Waals surface area (Å²) in [6.07, 6.45) is 4.08. The highest BCUT2D eigenvalue weighted by molar-refractivity contribution is 5.28. The number of nitrogens with zero attached hydrogens (tertiary/aromatic N) is 1. The summed E-state index contributed by atoms with van der Waals surface area (Å²) in [6, 6.07) is 8.46. The molecular formula is C18H30N2O. The van der Waals surface area contributed by atoms with Crippen molar-refractivity contribution in [1.82, 2.24) is 10.2 Å². The lowest BCUT2D eigenvalue weighted by Crippen LogP contribution is -2.33. The van der Waals surface area contributed by atoms with Crippen molar-refractivity contribution in [1.29, 1.82) is 0 Å². The SMILES string of the molecule is CC(C)CNCc1cccc(OCCN2CCCCC2)c1. The molecule has 0 bridgehead atoms. The number of benzene rings is 1. The highest BCUT2D eigenvalue weighted by Crippen LogP contribution is 2.14. The van der Waals surface area contributed by atoms with Crippen molar-refractivity contribution in [3.63, 3.8) is 0 Å². The third-order valence-electron chi connectivity index (χ3n) is 3.91. The van der Waals surface area contributed by atoms with Gasteiger partial charge in [-0.15, -0.1) is 0 Å². The fraction of sp³-hybridized carbons (Fsp3) is 0.667. The van der Waals surface area contributed by atoms with E-state index in [9.17, 15) is 0 Å². The molecule has 118 valence electrons. The largest absolute Gasteiger partial charge is 0.492 e. The minimum absolute atomic E-state index is 0.689. The molecule has 1 saturated heterocycles. The number of likely N-dealkylation sites (tertiary alicyclic amines) is 1. The van der Waals surface area contributed by atoms with E-state index in [2.05, 4.69) is 48.3 Å². The molecule has 0 aromatic heterocycles. The predicted octanol–water partition coefficient (Wildman–Crippen LogP) is 3.30. The zero-order valence-electron chi connectivity index (χ0n) is 13.6. The van der Waals surface area contributed by atoms with Crippen molar-refractivity contribution >= 4 is 0 Å². The van der Waals surface area contributed by atoms with Gasteiger partial charge in [-0.2, -0.15) is 0 Å². The standard InChI is InChI=1S/C18H30N2O/c1-16(2)14-19-15-17-7-6-8-18(13-17)21-12-11-20-9-4-3-5-10-20/h6-8,13,16,19H,3-5,9-12,14-15H2,1-2H3. The predicted molar refractivity (Wildman–Crippen MR) is 88.8 cm³/mol. The molecule has 3 heteroatoms. The molecule has 1 aliphatic heterocycles. The smallest absolute Gasteiger partial charge is 0.119 e. The molecule has 1 fully saturated rings. The summed E-state index contributed by atoms with van der Waals surface area (Å²) in [5, 5.41) is 3.47. The number of ether oxygens (including phenoxy) is 1. The average Bonchev–Trinajstić information content (AvgIpc) is 2.48. The van der Waals surface area contributed by atoms with E-state index < -0.39 is 0 Å². The topological polar surface area (TPSA) is 24.5 Å². The fourth-order valence-corrected chi connectivity index (χ4v) is 2.73. The molecule has 1 heterocycles. The summed E-state index contributed by atoms with van der Waals surface area (Å²) in [5.41, 5.74) is 1.30. The van der Waals surface area contributed by atoms with E-state index in [1.807, 2.05) is 0 Å². The zero-order chi connectivity index (χ0) is 14.9. The molecule has 1 aromatic carbocycles. The molecule has 0 atom stereocenters. The molecule has 21 heavy (non-hydrogen) atoms. The quantitative estimate of drug-likeness (QED) is 0.795. The van der Waals surface area contributed by atoms with Crippen LogP contribution < -0.4 is 10.1 Å². The van der Waals surface area contributed by atoms with Crippen LogP contribution in [0, 0.1) is 5.92 Å². The van der Waals surface area contributed by atoms with Gasteiger partial charge < -0.3 is 10.1 Å². The van der Waals surface area contributed by atoms with Gasteiger partial charge in [0.05, 0.1) is 0 Å². The van der Waals surface area contributed by atoms with Gasteiger partial charge in [0.25, 0.3) is 0 Å². The number of hydrogen-bond acceptors (Lipinski definition) is 3. The molecule has 0 radical (unpaired) electrons. The molecule has 0 amide bonds. The van der Waals surface area contributed by atoms with Gasteiger partial charge >= 0.3 is 0 Å². The molecule has 1 aromatic rings. The molecular weight excluding hydrogens is 260 g/mol. The van der Waals surface area contributed by atoms with Gasteiger partial charge in [-0.3, -0.25) is 4.90 Å². The average molecular weight is 290 g/mol. The highest BCUT2D eigenvalue weighted by atomic mass is 16.5. The molecule has 3 nitrogen and oxygen atoms in total. The van der Waals surface area contributed by atoms with Crippen LogP contribution >= 0.6 is 0 Å². The molecule has 1 aliphatic rings. The van der Waals surface area contributed by atoms with E-state index in [-0.39, 0.29) is 0 Å². The van der Waals surface area contributed by atoms with Crippen molar-refractivity contribution in [2.75, 3.05) is 32.8 Å². The van der Waals surface area contributed by atoms with Crippen LogP contribution in [-0.2, 0) is 6.54 Å². The summed E-state index contributed by atoms with van der Waals surface area (Å²) >= 11 is 0. The van der Waals surface area contributed by atoms with Gasteiger partial charge in [0.15, 0.2) is 0 Å². The van der Waals surface area contributed by atoms with Crippen LogP contribution in [0.2, 0.25) is 0 Å². The van der Waals surface area contributed by atoms with Crippen LogP contribution in [0.4, 0.5) is 0 Å². The van der Waals surface area contributed by atoms with Gasteiger partial charge in [-0.05, 0) is 56.1 Å². The lowest BCUT2D eigenvalue weighted by Gasteiger charge is -2.26. The first kappa shape index (κ1) is 16.3. The Kier molecular flexibility index (Phi) is 7.04. The Balaban J connectivity index is 1.70. The van der Waals surface area contributed by atoms with Crippen molar-refractivity contribution in [3.05, 3.63) is 29.8 Å². The van der Waals surface area contributed by atoms with Crippen molar-refractivity contribution in [2.45, 2.75) is 39.7 Å². The van der Waals surface area contributed by atoms with E-state index in [4.69, 9.17) is 4.74 Å². The van der Waals surface area contributed by atoms with Crippen molar-refractivity contribution in [2.24, 2.45) is 5.92 Å². The number of rotatable bonds is 8. The Morgan fingerprint density at radius 1 is 1.19 bits per heavy atom. The normalized spacial score (nSPS) is 16.3. The Morgan fingerprint density at radius 3 is 2.76 bits per heavy atom. The van der Waals surface area contributed by atoms with Crippen LogP contribution in [0.5, 0.6) is 5.75 Å². The molecule has 0 saturated carbocycles. The zero-order valence-corrected chi connectivity index (χ0v) is 13.6. The second-order valence-corrected chi connectivity index (χ2v) is 6.42.